The molecule has 0 radical (unpaired) electrons. The van der Waals surface area contributed by atoms with E-state index in [4.69, 9.17) is 5.73 Å². The van der Waals surface area contributed by atoms with E-state index in [9.17, 15) is 4.79 Å². The highest BCUT2D eigenvalue weighted by Gasteiger charge is 2.35. The molecule has 1 fully saturated rings. The Labute approximate surface area is 101 Å². The van der Waals surface area contributed by atoms with Crippen molar-refractivity contribution in [2.75, 3.05) is 0 Å². The molecule has 1 aromatic heterocycles. The van der Waals surface area contributed by atoms with E-state index in [2.05, 4.69) is 15.5 Å². The van der Waals surface area contributed by atoms with E-state index in [0.717, 1.165) is 31.2 Å². The molecular formula is C12H20N4O. The van der Waals surface area contributed by atoms with Crippen molar-refractivity contribution in [2.45, 2.75) is 50.6 Å². The van der Waals surface area contributed by atoms with Crippen molar-refractivity contribution in [3.05, 3.63) is 18.0 Å². The number of rotatable bonds is 3. The Morgan fingerprint density at radius 2 is 2.24 bits per heavy atom. The number of aromatic nitrogens is 2. The molecule has 5 nitrogen and oxygen atoms in total. The van der Waals surface area contributed by atoms with Crippen molar-refractivity contribution in [3.8, 4) is 0 Å². The number of aromatic amines is 1. The molecule has 1 amide bonds. The number of carbonyl (C=O) groups excluding carboxylic acids is 1. The molecule has 0 saturated heterocycles. The van der Waals surface area contributed by atoms with Crippen molar-refractivity contribution in [1.29, 1.82) is 0 Å². The Kier molecular flexibility index (Phi) is 3.47. The summed E-state index contributed by atoms with van der Waals surface area (Å²) in [7, 11) is 0. The van der Waals surface area contributed by atoms with Crippen LogP contribution in [0.2, 0.25) is 0 Å². The lowest BCUT2D eigenvalue weighted by molar-refractivity contribution is -0.128. The second kappa shape index (κ2) is 4.87. The Morgan fingerprint density at radius 3 is 2.82 bits per heavy atom. The van der Waals surface area contributed by atoms with Crippen molar-refractivity contribution in [3.63, 3.8) is 0 Å². The highest BCUT2D eigenvalue weighted by atomic mass is 16.2. The van der Waals surface area contributed by atoms with Gasteiger partial charge in [-0.15, -0.1) is 0 Å². The van der Waals surface area contributed by atoms with Crippen molar-refractivity contribution in [1.82, 2.24) is 15.5 Å². The van der Waals surface area contributed by atoms with Crippen LogP contribution in [-0.2, 0) is 4.79 Å². The molecule has 5 heteroatoms. The number of hydrogen-bond donors (Lipinski definition) is 3. The topological polar surface area (TPSA) is 83.8 Å². The first-order chi connectivity index (χ1) is 8.12. The standard InChI is InChI=1S/C12H20N4O/c1-9(10-7-14-15-8-10)16-11(17)12(13)5-3-2-4-6-12/h7-9H,2-6,13H2,1H3,(H,14,15)(H,16,17). The number of nitrogens with zero attached hydrogens (tertiary/aromatic N) is 1. The molecule has 1 atom stereocenters. The number of hydrogen-bond acceptors (Lipinski definition) is 3. The minimum Gasteiger partial charge on any atom is -0.348 e. The van der Waals surface area contributed by atoms with E-state index in [1.165, 1.54) is 6.42 Å². The lowest BCUT2D eigenvalue weighted by atomic mass is 9.81. The summed E-state index contributed by atoms with van der Waals surface area (Å²) in [5.74, 6) is -0.0362. The average molecular weight is 236 g/mol. The van der Waals surface area contributed by atoms with Gasteiger partial charge < -0.3 is 11.1 Å². The third-order valence-electron chi connectivity index (χ3n) is 3.56. The van der Waals surface area contributed by atoms with Crippen LogP contribution in [0.4, 0.5) is 0 Å². The van der Waals surface area contributed by atoms with E-state index in [-0.39, 0.29) is 11.9 Å². The number of nitrogens with one attached hydrogen (secondary N) is 2. The molecule has 94 valence electrons. The van der Waals surface area contributed by atoms with Crippen LogP contribution >= 0.6 is 0 Å². The van der Waals surface area contributed by atoms with E-state index in [0.29, 0.717) is 0 Å². The van der Waals surface area contributed by atoms with Crippen molar-refractivity contribution >= 4 is 5.91 Å². The zero-order chi connectivity index (χ0) is 12.3. The summed E-state index contributed by atoms with van der Waals surface area (Å²) < 4.78 is 0. The summed E-state index contributed by atoms with van der Waals surface area (Å²) in [5.41, 5.74) is 6.47. The predicted octanol–water partition coefficient (Wildman–Crippen LogP) is 1.25. The van der Waals surface area contributed by atoms with Gasteiger partial charge in [0.05, 0.1) is 17.8 Å². The third kappa shape index (κ3) is 2.66. The zero-order valence-corrected chi connectivity index (χ0v) is 10.2. The van der Waals surface area contributed by atoms with E-state index >= 15 is 0 Å². The number of amides is 1. The molecule has 2 rings (SSSR count). The molecule has 1 heterocycles. The SMILES string of the molecule is CC(NC(=O)C1(N)CCCCC1)c1cn[nH]c1. The van der Waals surface area contributed by atoms with Crippen LogP contribution in [0.1, 0.15) is 50.6 Å². The summed E-state index contributed by atoms with van der Waals surface area (Å²) in [4.78, 5) is 12.2. The quantitative estimate of drug-likeness (QED) is 0.738. The molecule has 1 unspecified atom stereocenters. The normalized spacial score (nSPS) is 20.8. The fraction of sp³-hybridized carbons (Fsp3) is 0.667. The summed E-state index contributed by atoms with van der Waals surface area (Å²) in [6.45, 7) is 1.94. The molecule has 0 spiro atoms. The van der Waals surface area contributed by atoms with Crippen LogP contribution < -0.4 is 11.1 Å². The summed E-state index contributed by atoms with van der Waals surface area (Å²) >= 11 is 0. The summed E-state index contributed by atoms with van der Waals surface area (Å²) in [6, 6.07) is -0.0522. The van der Waals surface area contributed by atoms with Crippen molar-refractivity contribution < 1.29 is 4.79 Å². The first-order valence-corrected chi connectivity index (χ1v) is 6.20. The molecule has 1 saturated carbocycles. The number of H-pyrrole nitrogens is 1. The zero-order valence-electron chi connectivity index (χ0n) is 10.2. The van der Waals surface area contributed by atoms with Crippen molar-refractivity contribution in [2.24, 2.45) is 5.73 Å². The maximum atomic E-state index is 12.2. The molecule has 1 aliphatic rings. The smallest absolute Gasteiger partial charge is 0.240 e. The highest BCUT2D eigenvalue weighted by Crippen LogP contribution is 2.26. The molecular weight excluding hydrogens is 216 g/mol. The summed E-state index contributed by atoms with van der Waals surface area (Å²) in [6.07, 6.45) is 8.36. The van der Waals surface area contributed by atoms with Gasteiger partial charge in [0, 0.05) is 11.8 Å². The molecule has 0 aromatic carbocycles. The number of nitrogens with two attached hydrogens (primary N) is 1. The van der Waals surface area contributed by atoms with Crippen LogP contribution in [0.15, 0.2) is 12.4 Å². The lowest BCUT2D eigenvalue weighted by Gasteiger charge is -2.32. The van der Waals surface area contributed by atoms with Gasteiger partial charge in [0.2, 0.25) is 5.91 Å². The first kappa shape index (κ1) is 12.1. The summed E-state index contributed by atoms with van der Waals surface area (Å²) in [5, 5.41) is 9.58. The minimum absolute atomic E-state index is 0.0362. The minimum atomic E-state index is -0.670. The largest absolute Gasteiger partial charge is 0.348 e. The fourth-order valence-electron chi connectivity index (χ4n) is 2.33. The molecule has 4 N–H and O–H groups in total. The Balaban J connectivity index is 1.96. The van der Waals surface area contributed by atoms with Gasteiger partial charge in [-0.1, -0.05) is 19.3 Å². The Hall–Kier alpha value is -1.36. The maximum Gasteiger partial charge on any atom is 0.240 e. The highest BCUT2D eigenvalue weighted by molar-refractivity contribution is 5.86. The second-order valence-corrected chi connectivity index (χ2v) is 4.94. The van der Waals surface area contributed by atoms with Crippen LogP contribution in [0.3, 0.4) is 0 Å². The molecule has 1 aromatic rings. The van der Waals surface area contributed by atoms with Crippen LogP contribution in [-0.4, -0.2) is 21.6 Å². The van der Waals surface area contributed by atoms with Gasteiger partial charge in [-0.25, -0.2) is 0 Å². The molecule has 17 heavy (non-hydrogen) atoms. The first-order valence-electron chi connectivity index (χ1n) is 6.20. The van der Waals surface area contributed by atoms with Gasteiger partial charge in [0.1, 0.15) is 0 Å². The maximum absolute atomic E-state index is 12.2. The second-order valence-electron chi connectivity index (χ2n) is 4.94. The van der Waals surface area contributed by atoms with Gasteiger partial charge >= 0.3 is 0 Å². The van der Waals surface area contributed by atoms with Crippen LogP contribution in [0, 0.1) is 0 Å². The Morgan fingerprint density at radius 1 is 1.53 bits per heavy atom. The van der Waals surface area contributed by atoms with Crippen LogP contribution in [0.5, 0.6) is 0 Å². The monoisotopic (exact) mass is 236 g/mol. The van der Waals surface area contributed by atoms with Crippen LogP contribution in [0.25, 0.3) is 0 Å². The third-order valence-corrected chi connectivity index (χ3v) is 3.56. The van der Waals surface area contributed by atoms with Gasteiger partial charge in [-0.2, -0.15) is 5.10 Å². The predicted molar refractivity (Wildman–Crippen MR) is 65.1 cm³/mol. The van der Waals surface area contributed by atoms with Gasteiger partial charge in [-0.05, 0) is 19.8 Å². The Bertz CT molecular complexity index is 368. The number of carbonyl (C=O) groups is 1. The van der Waals surface area contributed by atoms with E-state index < -0.39 is 5.54 Å². The molecule has 0 bridgehead atoms. The average Bonchev–Trinajstić information content (AvgIpc) is 2.83. The molecule has 0 aliphatic heterocycles. The lowest BCUT2D eigenvalue weighted by Crippen LogP contribution is -2.55. The molecule has 1 aliphatic carbocycles. The van der Waals surface area contributed by atoms with Gasteiger partial charge in [0.15, 0.2) is 0 Å². The fourth-order valence-corrected chi connectivity index (χ4v) is 2.33. The van der Waals surface area contributed by atoms with Gasteiger partial charge in [-0.3, -0.25) is 9.89 Å². The van der Waals surface area contributed by atoms with E-state index in [1.807, 2.05) is 6.92 Å². The van der Waals surface area contributed by atoms with Gasteiger partial charge in [0.25, 0.3) is 0 Å². The van der Waals surface area contributed by atoms with E-state index in [1.54, 1.807) is 12.4 Å².